The van der Waals surface area contributed by atoms with Gasteiger partial charge in [0.2, 0.25) is 0 Å². The molecule has 0 spiro atoms. The number of aryl methyl sites for hydroxylation is 3. The molecule has 1 heterocycles. The van der Waals surface area contributed by atoms with Crippen molar-refractivity contribution in [2.45, 2.75) is 40.8 Å². The summed E-state index contributed by atoms with van der Waals surface area (Å²) in [6, 6.07) is 21.5. The lowest BCUT2D eigenvalue weighted by Crippen LogP contribution is -2.14. The van der Waals surface area contributed by atoms with Crippen LogP contribution >= 0.6 is 0 Å². The molecule has 0 fully saturated rings. The lowest BCUT2D eigenvalue weighted by molar-refractivity contribution is 0.102. The maximum atomic E-state index is 13.1. The number of rotatable bonds is 8. The number of ether oxygens (including phenoxy) is 2. The van der Waals surface area contributed by atoms with Crippen LogP contribution in [-0.2, 0) is 13.2 Å². The minimum Gasteiger partial charge on any atom is -0.497 e. The quantitative estimate of drug-likeness (QED) is 0.343. The van der Waals surface area contributed by atoms with Crippen LogP contribution in [0.2, 0.25) is 0 Å². The summed E-state index contributed by atoms with van der Waals surface area (Å²) in [6.45, 7) is 8.91. The van der Waals surface area contributed by atoms with Gasteiger partial charge in [-0.2, -0.15) is 5.10 Å². The zero-order valence-corrected chi connectivity index (χ0v) is 20.9. The number of hydrogen-bond donors (Lipinski definition) is 1. The number of carbonyl (C=O) groups is 1. The van der Waals surface area contributed by atoms with E-state index < -0.39 is 0 Å². The molecule has 6 heteroatoms. The lowest BCUT2D eigenvalue weighted by Gasteiger charge is -2.11. The molecule has 1 aromatic heterocycles. The third kappa shape index (κ3) is 5.72. The van der Waals surface area contributed by atoms with Crippen molar-refractivity contribution in [3.05, 3.63) is 106 Å². The molecule has 0 unspecified atom stereocenters. The molecule has 0 bridgehead atoms. The van der Waals surface area contributed by atoms with Gasteiger partial charge in [0, 0.05) is 5.56 Å². The first kappa shape index (κ1) is 24.1. The molecule has 1 amide bonds. The molecule has 6 nitrogen and oxygen atoms in total. The van der Waals surface area contributed by atoms with Crippen molar-refractivity contribution in [2.24, 2.45) is 0 Å². The summed E-state index contributed by atoms with van der Waals surface area (Å²) in [7, 11) is 1.65. The number of anilines is 1. The van der Waals surface area contributed by atoms with E-state index in [9.17, 15) is 4.79 Å². The van der Waals surface area contributed by atoms with Crippen molar-refractivity contribution in [1.82, 2.24) is 9.78 Å². The molecule has 0 saturated carbocycles. The van der Waals surface area contributed by atoms with Crippen LogP contribution < -0.4 is 14.8 Å². The zero-order valence-electron chi connectivity index (χ0n) is 20.9. The van der Waals surface area contributed by atoms with E-state index in [0.717, 1.165) is 50.8 Å². The van der Waals surface area contributed by atoms with Gasteiger partial charge in [0.1, 0.15) is 18.1 Å². The molecule has 180 valence electrons. The van der Waals surface area contributed by atoms with Crippen LogP contribution in [0.15, 0.2) is 66.7 Å². The molecule has 0 saturated heterocycles. The molecule has 0 radical (unpaired) electrons. The summed E-state index contributed by atoms with van der Waals surface area (Å²) >= 11 is 0. The van der Waals surface area contributed by atoms with Crippen LogP contribution in [0.3, 0.4) is 0 Å². The fourth-order valence-corrected chi connectivity index (χ4v) is 3.99. The third-order valence-electron chi connectivity index (χ3n) is 6.01. The normalized spacial score (nSPS) is 10.8. The van der Waals surface area contributed by atoms with Crippen LogP contribution in [0.25, 0.3) is 0 Å². The van der Waals surface area contributed by atoms with E-state index in [1.807, 2.05) is 93.0 Å². The van der Waals surface area contributed by atoms with Crippen molar-refractivity contribution < 1.29 is 14.3 Å². The Morgan fingerprint density at radius 2 is 1.71 bits per heavy atom. The second-order valence-corrected chi connectivity index (χ2v) is 8.77. The molecule has 35 heavy (non-hydrogen) atoms. The van der Waals surface area contributed by atoms with E-state index in [0.29, 0.717) is 18.7 Å². The van der Waals surface area contributed by atoms with E-state index in [1.165, 1.54) is 0 Å². The lowest BCUT2D eigenvalue weighted by atomic mass is 10.1. The standard InChI is InChI=1S/C29H31N3O3/c1-19-12-13-20(2)27(14-19)35-18-24-9-6-10-25(15-24)29(33)30-28-21(3)31-32(22(28)4)17-23-8-7-11-26(16-23)34-5/h6-16H,17-18H2,1-5H3,(H,30,33). The van der Waals surface area contributed by atoms with Crippen LogP contribution in [0, 0.1) is 27.7 Å². The molecule has 0 atom stereocenters. The van der Waals surface area contributed by atoms with Crippen molar-refractivity contribution in [3.8, 4) is 11.5 Å². The summed E-state index contributed by atoms with van der Waals surface area (Å²) in [5.41, 5.74) is 7.21. The van der Waals surface area contributed by atoms with Crippen molar-refractivity contribution in [1.29, 1.82) is 0 Å². The maximum Gasteiger partial charge on any atom is 0.255 e. The zero-order chi connectivity index (χ0) is 24.9. The van der Waals surface area contributed by atoms with Gasteiger partial charge >= 0.3 is 0 Å². The Labute approximate surface area is 206 Å². The Balaban J connectivity index is 1.46. The first-order chi connectivity index (χ1) is 16.8. The van der Waals surface area contributed by atoms with Gasteiger partial charge in [-0.15, -0.1) is 0 Å². The fourth-order valence-electron chi connectivity index (χ4n) is 3.99. The monoisotopic (exact) mass is 469 g/mol. The van der Waals surface area contributed by atoms with E-state index in [4.69, 9.17) is 9.47 Å². The van der Waals surface area contributed by atoms with Crippen molar-refractivity contribution in [2.75, 3.05) is 12.4 Å². The Bertz CT molecular complexity index is 1360. The van der Waals surface area contributed by atoms with Gasteiger partial charge < -0.3 is 14.8 Å². The van der Waals surface area contributed by atoms with Crippen molar-refractivity contribution >= 4 is 11.6 Å². The average Bonchev–Trinajstić information content (AvgIpc) is 3.12. The van der Waals surface area contributed by atoms with Crippen LogP contribution in [0.4, 0.5) is 5.69 Å². The third-order valence-corrected chi connectivity index (χ3v) is 6.01. The van der Waals surface area contributed by atoms with Crippen LogP contribution in [-0.4, -0.2) is 22.8 Å². The van der Waals surface area contributed by atoms with Gasteiger partial charge in [-0.3, -0.25) is 9.48 Å². The first-order valence-electron chi connectivity index (χ1n) is 11.6. The Morgan fingerprint density at radius 3 is 2.51 bits per heavy atom. The molecular formula is C29H31N3O3. The summed E-state index contributed by atoms with van der Waals surface area (Å²) in [4.78, 5) is 13.1. The van der Waals surface area contributed by atoms with Crippen molar-refractivity contribution in [3.63, 3.8) is 0 Å². The second-order valence-electron chi connectivity index (χ2n) is 8.77. The van der Waals surface area contributed by atoms with E-state index in [1.54, 1.807) is 7.11 Å². The number of benzene rings is 3. The van der Waals surface area contributed by atoms with E-state index in [2.05, 4.69) is 16.5 Å². The second kappa shape index (κ2) is 10.5. The molecule has 0 aliphatic rings. The highest BCUT2D eigenvalue weighted by Crippen LogP contribution is 2.23. The van der Waals surface area contributed by atoms with E-state index >= 15 is 0 Å². The fraction of sp³-hybridized carbons (Fsp3) is 0.241. The number of aromatic nitrogens is 2. The summed E-state index contributed by atoms with van der Waals surface area (Å²) in [5, 5.41) is 7.70. The highest BCUT2D eigenvalue weighted by atomic mass is 16.5. The topological polar surface area (TPSA) is 65.4 Å². The predicted octanol–water partition coefficient (Wildman–Crippen LogP) is 6.00. The minimum atomic E-state index is -0.175. The average molecular weight is 470 g/mol. The minimum absolute atomic E-state index is 0.175. The predicted molar refractivity (Wildman–Crippen MR) is 138 cm³/mol. The smallest absolute Gasteiger partial charge is 0.255 e. The number of amides is 1. The van der Waals surface area contributed by atoms with Gasteiger partial charge in [0.25, 0.3) is 5.91 Å². The maximum absolute atomic E-state index is 13.1. The molecule has 4 aromatic rings. The summed E-state index contributed by atoms with van der Waals surface area (Å²) in [5.74, 6) is 1.49. The van der Waals surface area contributed by atoms with Crippen LogP contribution in [0.5, 0.6) is 11.5 Å². The molecule has 3 aromatic carbocycles. The Kier molecular flexibility index (Phi) is 7.20. The van der Waals surface area contributed by atoms with Gasteiger partial charge in [0.05, 0.1) is 30.7 Å². The van der Waals surface area contributed by atoms with Gasteiger partial charge in [0.15, 0.2) is 0 Å². The highest BCUT2D eigenvalue weighted by molar-refractivity contribution is 6.05. The molecule has 4 rings (SSSR count). The first-order valence-corrected chi connectivity index (χ1v) is 11.6. The van der Waals surface area contributed by atoms with Gasteiger partial charge in [-0.25, -0.2) is 0 Å². The SMILES string of the molecule is COc1cccc(Cn2nc(C)c(NC(=O)c3cccc(COc4cc(C)ccc4C)c3)c2C)c1. The molecule has 0 aliphatic carbocycles. The Hall–Kier alpha value is -4.06. The van der Waals surface area contributed by atoms with E-state index in [-0.39, 0.29) is 5.91 Å². The largest absolute Gasteiger partial charge is 0.497 e. The summed E-state index contributed by atoms with van der Waals surface area (Å²) < 4.78 is 13.2. The number of carbonyl (C=O) groups excluding carboxylic acids is 1. The highest BCUT2D eigenvalue weighted by Gasteiger charge is 2.16. The number of nitrogens with one attached hydrogen (secondary N) is 1. The van der Waals surface area contributed by atoms with Gasteiger partial charge in [-0.05, 0) is 80.3 Å². The molecule has 1 N–H and O–H groups in total. The molecular weight excluding hydrogens is 438 g/mol. The summed E-state index contributed by atoms with van der Waals surface area (Å²) in [6.07, 6.45) is 0. The number of nitrogens with zero attached hydrogens (tertiary/aromatic N) is 2. The Morgan fingerprint density at radius 1 is 0.943 bits per heavy atom. The molecule has 0 aliphatic heterocycles. The number of hydrogen-bond acceptors (Lipinski definition) is 4. The van der Waals surface area contributed by atoms with Gasteiger partial charge in [-0.1, -0.05) is 36.4 Å². The van der Waals surface area contributed by atoms with Crippen LogP contribution in [0.1, 0.15) is 44.0 Å². The number of methoxy groups -OCH3 is 1.